The minimum Gasteiger partial charge on any atom is -0.507 e. The summed E-state index contributed by atoms with van der Waals surface area (Å²) in [5.41, 5.74) is 3.59. The first-order valence-electron chi connectivity index (χ1n) is 11.8. The van der Waals surface area contributed by atoms with Crippen LogP contribution in [0.4, 0.5) is 5.82 Å². The molecule has 5 rings (SSSR count). The Kier molecular flexibility index (Phi) is 5.89. The molecule has 33 heavy (non-hydrogen) atoms. The number of aromatic nitrogens is 3. The number of anilines is 1. The molecule has 4 heterocycles. The molecule has 3 N–H and O–H groups in total. The van der Waals surface area contributed by atoms with Gasteiger partial charge in [-0.15, -0.1) is 10.2 Å². The molecule has 2 unspecified atom stereocenters. The molecule has 2 fully saturated rings. The maximum absolute atomic E-state index is 12.1. The average molecular weight is 446 g/mol. The van der Waals surface area contributed by atoms with Crippen molar-refractivity contribution in [1.82, 2.24) is 20.1 Å². The molecule has 172 valence electrons. The molecule has 3 aromatic rings. The average Bonchev–Trinajstić information content (AvgIpc) is 2.81. The predicted molar refractivity (Wildman–Crippen MR) is 130 cm³/mol. The number of aryl methyl sites for hydroxylation is 1. The molecule has 1 aromatic carbocycles. The lowest BCUT2D eigenvalue weighted by Gasteiger charge is -2.40. The van der Waals surface area contributed by atoms with Gasteiger partial charge in [0.25, 0.3) is 5.56 Å². The Morgan fingerprint density at radius 3 is 2.52 bits per heavy atom. The van der Waals surface area contributed by atoms with E-state index in [0.29, 0.717) is 29.3 Å². The number of phenols is 1. The first-order valence-corrected chi connectivity index (χ1v) is 11.8. The van der Waals surface area contributed by atoms with Gasteiger partial charge in [0.15, 0.2) is 0 Å². The molecular weight excluding hydrogens is 414 g/mol. The summed E-state index contributed by atoms with van der Waals surface area (Å²) in [7, 11) is 1.75. The van der Waals surface area contributed by atoms with Crippen molar-refractivity contribution in [3.8, 4) is 28.1 Å². The van der Waals surface area contributed by atoms with Crippen LogP contribution in [0.1, 0.15) is 37.8 Å². The van der Waals surface area contributed by atoms with Gasteiger partial charge >= 0.3 is 0 Å². The van der Waals surface area contributed by atoms with Crippen molar-refractivity contribution in [3.05, 3.63) is 58.5 Å². The highest BCUT2D eigenvalue weighted by atomic mass is 16.3. The molecule has 7 nitrogen and oxygen atoms in total. The number of fused-ring (bicyclic) bond motifs is 2. The zero-order valence-electron chi connectivity index (χ0n) is 19.2. The van der Waals surface area contributed by atoms with Crippen LogP contribution in [-0.4, -0.2) is 38.5 Å². The van der Waals surface area contributed by atoms with Crippen LogP contribution in [0.2, 0.25) is 0 Å². The molecule has 0 aliphatic carbocycles. The van der Waals surface area contributed by atoms with E-state index >= 15 is 0 Å². The lowest BCUT2D eigenvalue weighted by atomic mass is 9.80. The Labute approximate surface area is 193 Å². The fourth-order valence-electron chi connectivity index (χ4n) is 5.23. The summed E-state index contributed by atoms with van der Waals surface area (Å²) in [5.74, 6) is 1.54. The Bertz CT molecular complexity index is 1190. The molecule has 2 aliphatic rings. The fraction of sp³-hybridized carbons (Fsp3) is 0.423. The molecule has 0 amide bonds. The van der Waals surface area contributed by atoms with Crippen LogP contribution in [0.15, 0.2) is 47.3 Å². The largest absolute Gasteiger partial charge is 0.507 e. The first-order chi connectivity index (χ1) is 16.0. The van der Waals surface area contributed by atoms with E-state index in [2.05, 4.69) is 20.8 Å². The highest BCUT2D eigenvalue weighted by Gasteiger charge is 2.30. The van der Waals surface area contributed by atoms with Crippen molar-refractivity contribution in [3.63, 3.8) is 0 Å². The molecule has 7 heteroatoms. The molecule has 2 bridgehead atoms. The summed E-state index contributed by atoms with van der Waals surface area (Å²) in [6.07, 6.45) is 6.39. The van der Waals surface area contributed by atoms with Crippen molar-refractivity contribution in [2.75, 3.05) is 11.9 Å². The Morgan fingerprint density at radius 2 is 1.85 bits per heavy atom. The van der Waals surface area contributed by atoms with E-state index in [1.807, 2.05) is 37.3 Å². The number of pyridine rings is 1. The van der Waals surface area contributed by atoms with E-state index in [-0.39, 0.29) is 11.3 Å². The number of hydrogen-bond acceptors (Lipinski definition) is 6. The van der Waals surface area contributed by atoms with Gasteiger partial charge in [-0.1, -0.05) is 12.5 Å². The molecule has 0 radical (unpaired) electrons. The number of benzene rings is 1. The summed E-state index contributed by atoms with van der Waals surface area (Å²) in [5, 5.41) is 26.5. The van der Waals surface area contributed by atoms with Gasteiger partial charge in [0, 0.05) is 43.0 Å². The molecule has 2 aliphatic heterocycles. The number of piperidine rings is 2. The lowest BCUT2D eigenvalue weighted by Crippen LogP contribution is -2.49. The third kappa shape index (κ3) is 4.64. The number of nitrogens with zero attached hydrogens (tertiary/aromatic N) is 3. The topological polar surface area (TPSA) is 92.1 Å². The van der Waals surface area contributed by atoms with Crippen LogP contribution >= 0.6 is 0 Å². The third-order valence-corrected chi connectivity index (χ3v) is 7.16. The van der Waals surface area contributed by atoms with Gasteiger partial charge in [0.05, 0.1) is 5.69 Å². The minimum absolute atomic E-state index is 0.0739. The van der Waals surface area contributed by atoms with Crippen molar-refractivity contribution in [2.24, 2.45) is 13.0 Å². The second kappa shape index (κ2) is 8.98. The summed E-state index contributed by atoms with van der Waals surface area (Å²) < 4.78 is 1.60. The van der Waals surface area contributed by atoms with Gasteiger partial charge in [0.1, 0.15) is 11.6 Å². The van der Waals surface area contributed by atoms with Crippen LogP contribution in [0, 0.1) is 12.8 Å². The maximum atomic E-state index is 12.1. The quantitative estimate of drug-likeness (QED) is 0.552. The van der Waals surface area contributed by atoms with Crippen LogP contribution in [0.5, 0.6) is 5.75 Å². The van der Waals surface area contributed by atoms with Crippen molar-refractivity contribution in [1.29, 1.82) is 0 Å². The number of phenolic OH excluding ortho intramolecular Hbond substituents is 1. The second-order valence-corrected chi connectivity index (χ2v) is 9.53. The fourth-order valence-corrected chi connectivity index (χ4v) is 5.23. The molecule has 2 saturated heterocycles. The summed E-state index contributed by atoms with van der Waals surface area (Å²) in [4.78, 5) is 12.1. The summed E-state index contributed by atoms with van der Waals surface area (Å²) >= 11 is 0. The van der Waals surface area contributed by atoms with Gasteiger partial charge < -0.3 is 20.3 Å². The number of rotatable bonds is 5. The second-order valence-electron chi connectivity index (χ2n) is 9.53. The molecule has 2 atom stereocenters. The van der Waals surface area contributed by atoms with Gasteiger partial charge in [-0.3, -0.25) is 4.79 Å². The van der Waals surface area contributed by atoms with E-state index in [1.165, 1.54) is 32.1 Å². The highest BCUT2D eigenvalue weighted by Crippen LogP contribution is 2.33. The number of aromatic hydroxyl groups is 1. The zero-order chi connectivity index (χ0) is 22.9. The summed E-state index contributed by atoms with van der Waals surface area (Å²) in [6.45, 7) is 2.81. The monoisotopic (exact) mass is 445 g/mol. The Hall–Kier alpha value is -3.19. The smallest absolute Gasteiger partial charge is 0.251 e. The van der Waals surface area contributed by atoms with Crippen LogP contribution in [0.25, 0.3) is 22.4 Å². The van der Waals surface area contributed by atoms with Crippen molar-refractivity contribution < 1.29 is 5.11 Å². The van der Waals surface area contributed by atoms with Crippen LogP contribution in [-0.2, 0) is 7.05 Å². The number of hydrogen-bond donors (Lipinski definition) is 3. The van der Waals surface area contributed by atoms with E-state index in [0.717, 1.165) is 29.2 Å². The highest BCUT2D eigenvalue weighted by molar-refractivity contribution is 5.74. The predicted octanol–water partition coefficient (Wildman–Crippen LogP) is 3.86. The lowest BCUT2D eigenvalue weighted by molar-refractivity contribution is 0.192. The minimum atomic E-state index is -0.0739. The van der Waals surface area contributed by atoms with Crippen molar-refractivity contribution >= 4 is 5.82 Å². The maximum Gasteiger partial charge on any atom is 0.251 e. The van der Waals surface area contributed by atoms with Gasteiger partial charge in [-0.05, 0) is 80.0 Å². The normalized spacial score (nSPS) is 22.2. The SMILES string of the molecule is Cc1cc(-c2ccc(-c3ccc(NCC4CC5CCCC(C4)N5)nn3)c(O)c2)cc(=O)n1C. The van der Waals surface area contributed by atoms with E-state index in [9.17, 15) is 9.90 Å². The zero-order valence-corrected chi connectivity index (χ0v) is 19.2. The van der Waals surface area contributed by atoms with Crippen LogP contribution in [0.3, 0.4) is 0 Å². The van der Waals surface area contributed by atoms with Gasteiger partial charge in [-0.25, -0.2) is 0 Å². The van der Waals surface area contributed by atoms with Gasteiger partial charge in [-0.2, -0.15) is 0 Å². The van der Waals surface area contributed by atoms with Crippen molar-refractivity contribution in [2.45, 2.75) is 51.1 Å². The summed E-state index contributed by atoms with van der Waals surface area (Å²) in [6, 6.07) is 14.0. The Balaban J connectivity index is 1.27. The Morgan fingerprint density at radius 1 is 1.06 bits per heavy atom. The molecule has 0 spiro atoms. The van der Waals surface area contributed by atoms with E-state index < -0.39 is 0 Å². The van der Waals surface area contributed by atoms with E-state index in [4.69, 9.17) is 0 Å². The number of nitrogens with one attached hydrogen (secondary N) is 2. The van der Waals surface area contributed by atoms with Crippen LogP contribution < -0.4 is 16.2 Å². The van der Waals surface area contributed by atoms with E-state index in [1.54, 1.807) is 23.7 Å². The van der Waals surface area contributed by atoms with Gasteiger partial charge in [0.2, 0.25) is 0 Å². The molecular formula is C26H31N5O2. The third-order valence-electron chi connectivity index (χ3n) is 7.16. The molecule has 2 aromatic heterocycles. The standard InChI is InChI=1S/C26H31N5O2/c1-16-10-19(14-26(33)31(16)2)18-6-7-22(24(32)13-18)23-8-9-25(30-29-23)27-15-17-11-20-4-3-5-21(12-17)28-20/h6-10,13-14,17,20-21,28,32H,3-5,11-12,15H2,1-2H3,(H,27,30). The molecule has 0 saturated carbocycles. The first kappa shape index (κ1) is 21.6.